The number of nitrogens with two attached hydrogens (primary N) is 1. The highest BCUT2D eigenvalue weighted by molar-refractivity contribution is 6.00. The summed E-state index contributed by atoms with van der Waals surface area (Å²) in [6, 6.07) is 17.4. The number of hydrogen-bond donors (Lipinski definition) is 1. The first kappa shape index (κ1) is 16.6. The topological polar surface area (TPSA) is 70.8 Å². The lowest BCUT2D eigenvalue weighted by Gasteiger charge is -2.15. The van der Waals surface area contributed by atoms with E-state index in [2.05, 4.69) is 0 Å². The third-order valence-electron chi connectivity index (χ3n) is 3.93. The highest BCUT2D eigenvalue weighted by atomic mass is 16.5. The van der Waals surface area contributed by atoms with E-state index in [1.54, 1.807) is 14.2 Å². The molecule has 3 rings (SSSR count). The number of methoxy groups -OCH3 is 2. The third kappa shape index (κ3) is 3.35. The number of hydrogen-bond acceptors (Lipinski definition) is 4. The summed E-state index contributed by atoms with van der Waals surface area (Å²) < 4.78 is 16.4. The highest BCUT2D eigenvalue weighted by Crippen LogP contribution is 2.40. The molecule has 5 heteroatoms. The van der Waals surface area contributed by atoms with Crippen molar-refractivity contribution < 1.29 is 19.0 Å². The van der Waals surface area contributed by atoms with Crippen molar-refractivity contribution in [2.45, 2.75) is 0 Å². The van der Waals surface area contributed by atoms with E-state index in [1.807, 2.05) is 54.6 Å². The average Bonchev–Trinajstić information content (AvgIpc) is 2.65. The molecule has 3 aromatic rings. The number of benzene rings is 3. The molecule has 0 aliphatic carbocycles. The fraction of sp³-hybridized carbons (Fsp3) is 0.150. The number of rotatable bonds is 6. The lowest BCUT2D eigenvalue weighted by molar-refractivity contribution is -0.119. The van der Waals surface area contributed by atoms with Crippen LogP contribution in [-0.4, -0.2) is 26.7 Å². The molecule has 0 aliphatic rings. The lowest BCUT2D eigenvalue weighted by atomic mass is 9.97. The fourth-order valence-electron chi connectivity index (χ4n) is 2.81. The van der Waals surface area contributed by atoms with Crippen LogP contribution in [0.25, 0.3) is 21.9 Å². The molecule has 0 aromatic heterocycles. The number of carbonyl (C=O) groups is 1. The monoisotopic (exact) mass is 337 g/mol. The average molecular weight is 337 g/mol. The summed E-state index contributed by atoms with van der Waals surface area (Å²) in [5.74, 6) is 1.33. The Morgan fingerprint density at radius 2 is 1.64 bits per heavy atom. The van der Waals surface area contributed by atoms with Gasteiger partial charge < -0.3 is 19.9 Å². The van der Waals surface area contributed by atoms with E-state index in [0.717, 1.165) is 21.9 Å². The van der Waals surface area contributed by atoms with Crippen LogP contribution in [-0.2, 0) is 4.79 Å². The van der Waals surface area contributed by atoms with E-state index >= 15 is 0 Å². The van der Waals surface area contributed by atoms with Crippen LogP contribution in [0.4, 0.5) is 0 Å². The van der Waals surface area contributed by atoms with Gasteiger partial charge >= 0.3 is 0 Å². The summed E-state index contributed by atoms with van der Waals surface area (Å²) in [4.78, 5) is 11.1. The van der Waals surface area contributed by atoms with E-state index in [4.69, 9.17) is 19.9 Å². The second-order valence-corrected chi connectivity index (χ2v) is 5.48. The third-order valence-corrected chi connectivity index (χ3v) is 3.93. The molecule has 0 aliphatic heterocycles. The summed E-state index contributed by atoms with van der Waals surface area (Å²) in [6.45, 7) is -0.182. The molecule has 0 saturated carbocycles. The zero-order chi connectivity index (χ0) is 17.8. The molecule has 128 valence electrons. The van der Waals surface area contributed by atoms with Crippen LogP contribution in [0.3, 0.4) is 0 Å². The molecule has 0 saturated heterocycles. The van der Waals surface area contributed by atoms with E-state index in [9.17, 15) is 4.79 Å². The van der Waals surface area contributed by atoms with Gasteiger partial charge in [0.15, 0.2) is 18.1 Å². The van der Waals surface area contributed by atoms with Gasteiger partial charge in [0, 0.05) is 5.56 Å². The Kier molecular flexibility index (Phi) is 4.75. The predicted octanol–water partition coefficient (Wildman–Crippen LogP) is 3.39. The molecule has 0 bridgehead atoms. The summed E-state index contributed by atoms with van der Waals surface area (Å²) in [6.07, 6.45) is 0. The van der Waals surface area contributed by atoms with Crippen molar-refractivity contribution in [1.29, 1.82) is 0 Å². The second-order valence-electron chi connectivity index (χ2n) is 5.48. The van der Waals surface area contributed by atoms with Gasteiger partial charge in [0.05, 0.1) is 14.2 Å². The molecule has 1 amide bonds. The fourth-order valence-corrected chi connectivity index (χ4v) is 2.81. The van der Waals surface area contributed by atoms with Crippen LogP contribution >= 0.6 is 0 Å². The van der Waals surface area contributed by atoms with Crippen LogP contribution in [0.5, 0.6) is 17.2 Å². The lowest BCUT2D eigenvalue weighted by Crippen LogP contribution is -2.20. The van der Waals surface area contributed by atoms with Gasteiger partial charge in [-0.05, 0) is 34.5 Å². The van der Waals surface area contributed by atoms with E-state index in [0.29, 0.717) is 17.2 Å². The zero-order valence-corrected chi connectivity index (χ0v) is 14.1. The molecule has 0 spiro atoms. The SMILES string of the molecule is COc1ccc(-c2c(OCC(N)=O)ccc3ccccc23)cc1OC. The standard InChI is InChI=1S/C20H19NO4/c1-23-16-9-8-14(11-18(16)24-2)20-15-6-4-3-5-13(15)7-10-17(20)25-12-19(21)22/h3-11H,12H2,1-2H3,(H2,21,22). The van der Waals surface area contributed by atoms with Gasteiger partial charge in [0.25, 0.3) is 5.91 Å². The summed E-state index contributed by atoms with van der Waals surface area (Å²) in [5, 5.41) is 2.08. The van der Waals surface area contributed by atoms with Crippen molar-refractivity contribution in [3.63, 3.8) is 0 Å². The molecule has 2 N–H and O–H groups in total. The van der Waals surface area contributed by atoms with Crippen LogP contribution in [0.2, 0.25) is 0 Å². The van der Waals surface area contributed by atoms with Gasteiger partial charge in [-0.25, -0.2) is 0 Å². The van der Waals surface area contributed by atoms with Crippen molar-refractivity contribution in [2.75, 3.05) is 20.8 Å². The summed E-state index contributed by atoms with van der Waals surface area (Å²) >= 11 is 0. The number of fused-ring (bicyclic) bond motifs is 1. The maximum absolute atomic E-state index is 11.1. The maximum Gasteiger partial charge on any atom is 0.255 e. The number of carbonyl (C=O) groups excluding carboxylic acids is 1. The molecule has 0 fully saturated rings. The van der Waals surface area contributed by atoms with Crippen molar-refractivity contribution in [2.24, 2.45) is 5.73 Å². The van der Waals surface area contributed by atoms with Gasteiger partial charge in [-0.1, -0.05) is 36.4 Å². The quantitative estimate of drug-likeness (QED) is 0.748. The van der Waals surface area contributed by atoms with Crippen LogP contribution < -0.4 is 19.9 Å². The Hall–Kier alpha value is -3.21. The molecule has 25 heavy (non-hydrogen) atoms. The number of amides is 1. The zero-order valence-electron chi connectivity index (χ0n) is 14.1. The van der Waals surface area contributed by atoms with Crippen LogP contribution in [0.1, 0.15) is 0 Å². The van der Waals surface area contributed by atoms with Gasteiger partial charge in [-0.15, -0.1) is 0 Å². The smallest absolute Gasteiger partial charge is 0.255 e. The van der Waals surface area contributed by atoms with Crippen molar-refractivity contribution in [3.8, 4) is 28.4 Å². The van der Waals surface area contributed by atoms with Crippen LogP contribution in [0, 0.1) is 0 Å². The summed E-state index contributed by atoms with van der Waals surface area (Å²) in [5.41, 5.74) is 7.00. The maximum atomic E-state index is 11.1. The van der Waals surface area contributed by atoms with Crippen molar-refractivity contribution >= 4 is 16.7 Å². The molecular weight excluding hydrogens is 318 g/mol. The molecule has 0 atom stereocenters. The van der Waals surface area contributed by atoms with E-state index in [1.165, 1.54) is 0 Å². The van der Waals surface area contributed by atoms with Crippen molar-refractivity contribution in [1.82, 2.24) is 0 Å². The molecule has 0 unspecified atom stereocenters. The molecular formula is C20H19NO4. The largest absolute Gasteiger partial charge is 0.493 e. The predicted molar refractivity (Wildman–Crippen MR) is 97.2 cm³/mol. The highest BCUT2D eigenvalue weighted by Gasteiger charge is 2.14. The molecule has 5 nitrogen and oxygen atoms in total. The minimum absolute atomic E-state index is 0.182. The summed E-state index contributed by atoms with van der Waals surface area (Å²) in [7, 11) is 3.19. The van der Waals surface area contributed by atoms with E-state index in [-0.39, 0.29) is 6.61 Å². The Balaban J connectivity index is 2.21. The van der Waals surface area contributed by atoms with Gasteiger partial charge in [-0.3, -0.25) is 4.79 Å². The van der Waals surface area contributed by atoms with Gasteiger partial charge in [0.1, 0.15) is 5.75 Å². The first-order valence-electron chi connectivity index (χ1n) is 7.79. The minimum atomic E-state index is -0.522. The molecule has 0 radical (unpaired) electrons. The van der Waals surface area contributed by atoms with Gasteiger partial charge in [-0.2, -0.15) is 0 Å². The Bertz CT molecular complexity index is 921. The van der Waals surface area contributed by atoms with Crippen LogP contribution in [0.15, 0.2) is 54.6 Å². The van der Waals surface area contributed by atoms with E-state index < -0.39 is 5.91 Å². The Labute approximate surface area is 145 Å². The Morgan fingerprint density at radius 1 is 0.920 bits per heavy atom. The molecule has 0 heterocycles. The first-order chi connectivity index (χ1) is 12.1. The molecule has 3 aromatic carbocycles. The number of primary amides is 1. The number of ether oxygens (including phenoxy) is 3. The van der Waals surface area contributed by atoms with Crippen molar-refractivity contribution in [3.05, 3.63) is 54.6 Å². The first-order valence-corrected chi connectivity index (χ1v) is 7.79. The Morgan fingerprint density at radius 3 is 2.36 bits per heavy atom. The second kappa shape index (κ2) is 7.13. The van der Waals surface area contributed by atoms with Gasteiger partial charge in [0.2, 0.25) is 0 Å². The normalized spacial score (nSPS) is 10.5. The minimum Gasteiger partial charge on any atom is -0.493 e.